The van der Waals surface area contributed by atoms with E-state index < -0.39 is 23.7 Å². The molecule has 1 aromatic carbocycles. The minimum atomic E-state index is -0.724. The Hall–Kier alpha value is -2.35. The second-order valence-electron chi connectivity index (χ2n) is 8.15. The molecule has 8 heteroatoms. The number of fused-ring (bicyclic) bond motifs is 1. The Kier molecular flexibility index (Phi) is 6.03. The van der Waals surface area contributed by atoms with Crippen LogP contribution in [-0.2, 0) is 21.3 Å². The summed E-state index contributed by atoms with van der Waals surface area (Å²) in [6, 6.07) is 4.71. The van der Waals surface area contributed by atoms with Gasteiger partial charge in [0.05, 0.1) is 5.52 Å². The Labute approximate surface area is 178 Å². The summed E-state index contributed by atoms with van der Waals surface area (Å²) in [6.07, 6.45) is 2.51. The molecule has 0 aliphatic carbocycles. The second-order valence-corrected chi connectivity index (χ2v) is 9.00. The molecule has 1 unspecified atom stereocenters. The average molecular weight is 465 g/mol. The van der Waals surface area contributed by atoms with Crippen molar-refractivity contribution < 1.29 is 23.9 Å². The monoisotopic (exact) mass is 464 g/mol. The number of likely N-dealkylation sites (tertiary alicyclic amines) is 1. The van der Waals surface area contributed by atoms with Gasteiger partial charge < -0.3 is 14.0 Å². The Morgan fingerprint density at radius 3 is 2.62 bits per heavy atom. The second kappa shape index (κ2) is 8.18. The zero-order valence-corrected chi connectivity index (χ0v) is 18.6. The fourth-order valence-electron chi connectivity index (χ4n) is 3.47. The number of aromatic nitrogens is 1. The first-order chi connectivity index (χ1) is 13.6. The van der Waals surface area contributed by atoms with E-state index in [9.17, 15) is 14.4 Å². The van der Waals surface area contributed by atoms with Gasteiger partial charge in [0.25, 0.3) is 0 Å². The lowest BCUT2D eigenvalue weighted by atomic mass is 10.1. The lowest BCUT2D eigenvalue weighted by molar-refractivity contribution is -0.147. The maximum absolute atomic E-state index is 12.7. The summed E-state index contributed by atoms with van der Waals surface area (Å²) in [6.45, 7) is 5.37. The number of ether oxygens (including phenoxy) is 2. The summed E-state index contributed by atoms with van der Waals surface area (Å²) in [4.78, 5) is 39.0. The van der Waals surface area contributed by atoms with Crippen LogP contribution in [0.5, 0.6) is 0 Å². The number of amides is 1. The number of rotatable bonds is 4. The highest BCUT2D eigenvalue weighted by Gasteiger charge is 2.37. The third kappa shape index (κ3) is 4.63. The number of esters is 1. The molecule has 1 saturated heterocycles. The summed E-state index contributed by atoms with van der Waals surface area (Å²) in [5.74, 6) is -0.874. The third-order valence-electron chi connectivity index (χ3n) is 4.78. The van der Waals surface area contributed by atoms with Gasteiger partial charge in [0, 0.05) is 35.2 Å². The van der Waals surface area contributed by atoms with Crippen molar-refractivity contribution in [2.75, 3.05) is 13.2 Å². The minimum absolute atomic E-state index is 0.292. The average Bonchev–Trinajstić information content (AvgIpc) is 3.26. The van der Waals surface area contributed by atoms with Crippen molar-refractivity contribution in [2.45, 2.75) is 45.3 Å². The Balaban J connectivity index is 1.68. The first-order valence-electron chi connectivity index (χ1n) is 9.51. The van der Waals surface area contributed by atoms with Gasteiger partial charge in [0.1, 0.15) is 11.6 Å². The van der Waals surface area contributed by atoms with Crippen LogP contribution in [0.15, 0.2) is 28.9 Å². The molecule has 2 heterocycles. The van der Waals surface area contributed by atoms with Crippen LogP contribution in [0.3, 0.4) is 0 Å². The molecule has 1 aliphatic heterocycles. The highest BCUT2D eigenvalue weighted by Crippen LogP contribution is 2.28. The number of hydrogen-bond acceptors (Lipinski definition) is 5. The SMILES string of the molecule is Cn1ccc2c(Br)ccc(C(=O)COC(=O)C3CCCN3C(=O)OC(C)(C)C)c21. The number of ketones is 1. The normalized spacial score (nSPS) is 16.9. The maximum atomic E-state index is 12.7. The van der Waals surface area contributed by atoms with Crippen LogP contribution in [0.1, 0.15) is 44.0 Å². The van der Waals surface area contributed by atoms with Gasteiger partial charge in [-0.15, -0.1) is 0 Å². The Morgan fingerprint density at radius 2 is 1.93 bits per heavy atom. The van der Waals surface area contributed by atoms with Crippen LogP contribution in [0.25, 0.3) is 10.9 Å². The number of carbonyl (C=O) groups is 3. The van der Waals surface area contributed by atoms with E-state index in [-0.39, 0.29) is 12.4 Å². The van der Waals surface area contributed by atoms with Gasteiger partial charge in [-0.3, -0.25) is 9.69 Å². The molecule has 156 valence electrons. The van der Waals surface area contributed by atoms with Crippen LogP contribution < -0.4 is 0 Å². The summed E-state index contributed by atoms with van der Waals surface area (Å²) in [7, 11) is 1.86. The highest BCUT2D eigenvalue weighted by molar-refractivity contribution is 9.10. The molecule has 7 nitrogen and oxygen atoms in total. The number of carbonyl (C=O) groups excluding carboxylic acids is 3. The van der Waals surface area contributed by atoms with E-state index in [1.54, 1.807) is 32.9 Å². The number of Topliss-reactive ketones (excluding diaryl/α,β-unsaturated/α-hetero) is 1. The van der Waals surface area contributed by atoms with Crippen molar-refractivity contribution in [1.29, 1.82) is 0 Å². The van der Waals surface area contributed by atoms with E-state index in [4.69, 9.17) is 9.47 Å². The van der Waals surface area contributed by atoms with E-state index in [0.29, 0.717) is 24.9 Å². The lowest BCUT2D eigenvalue weighted by Crippen LogP contribution is -2.44. The fraction of sp³-hybridized carbons (Fsp3) is 0.476. The van der Waals surface area contributed by atoms with E-state index >= 15 is 0 Å². The van der Waals surface area contributed by atoms with Gasteiger partial charge in [-0.25, -0.2) is 9.59 Å². The molecule has 3 rings (SSSR count). The Morgan fingerprint density at radius 1 is 1.21 bits per heavy atom. The van der Waals surface area contributed by atoms with E-state index in [0.717, 1.165) is 15.4 Å². The molecule has 0 N–H and O–H groups in total. The smallest absolute Gasteiger partial charge is 0.411 e. The summed E-state index contributed by atoms with van der Waals surface area (Å²) in [5, 5.41) is 0.913. The molecule has 1 aliphatic rings. The van der Waals surface area contributed by atoms with Gasteiger partial charge in [0.2, 0.25) is 5.78 Å². The van der Waals surface area contributed by atoms with Gasteiger partial charge in [0.15, 0.2) is 6.61 Å². The van der Waals surface area contributed by atoms with Gasteiger partial charge >= 0.3 is 12.1 Å². The molecule has 1 fully saturated rings. The van der Waals surface area contributed by atoms with E-state index in [1.807, 2.05) is 23.9 Å². The minimum Gasteiger partial charge on any atom is -0.456 e. The Bertz CT molecular complexity index is 960. The predicted octanol–water partition coefficient (Wildman–Crippen LogP) is 4.07. The number of benzene rings is 1. The molecule has 0 spiro atoms. The van der Waals surface area contributed by atoms with Crippen LogP contribution in [0, 0.1) is 0 Å². The van der Waals surface area contributed by atoms with Gasteiger partial charge in [-0.1, -0.05) is 15.9 Å². The van der Waals surface area contributed by atoms with E-state index in [2.05, 4.69) is 15.9 Å². The number of halogens is 1. The molecule has 0 saturated carbocycles. The van der Waals surface area contributed by atoms with Crippen molar-refractivity contribution in [3.63, 3.8) is 0 Å². The van der Waals surface area contributed by atoms with Crippen LogP contribution in [0.2, 0.25) is 0 Å². The quantitative estimate of drug-likeness (QED) is 0.503. The molecule has 0 radical (unpaired) electrons. The summed E-state index contributed by atoms with van der Waals surface area (Å²) >= 11 is 3.48. The van der Waals surface area contributed by atoms with Crippen LogP contribution in [-0.4, -0.2) is 52.1 Å². The zero-order valence-electron chi connectivity index (χ0n) is 17.0. The molecule has 1 amide bonds. The fourth-order valence-corrected chi connectivity index (χ4v) is 3.92. The van der Waals surface area contributed by atoms with Crippen molar-refractivity contribution in [2.24, 2.45) is 7.05 Å². The summed E-state index contributed by atoms with van der Waals surface area (Å²) in [5.41, 5.74) is 0.613. The zero-order chi connectivity index (χ0) is 21.3. The molecule has 0 bridgehead atoms. The van der Waals surface area contributed by atoms with Crippen LogP contribution >= 0.6 is 15.9 Å². The molecular weight excluding hydrogens is 440 g/mol. The molecule has 29 heavy (non-hydrogen) atoms. The molecule has 1 aromatic heterocycles. The van der Waals surface area contributed by atoms with Crippen molar-refractivity contribution in [3.8, 4) is 0 Å². The van der Waals surface area contributed by atoms with Crippen LogP contribution in [0.4, 0.5) is 4.79 Å². The maximum Gasteiger partial charge on any atom is 0.411 e. The first-order valence-corrected chi connectivity index (χ1v) is 10.3. The number of nitrogens with zero attached hydrogens (tertiary/aromatic N) is 2. The lowest BCUT2D eigenvalue weighted by Gasteiger charge is -2.27. The van der Waals surface area contributed by atoms with Gasteiger partial charge in [-0.2, -0.15) is 0 Å². The largest absolute Gasteiger partial charge is 0.456 e. The highest BCUT2D eigenvalue weighted by atomic mass is 79.9. The number of hydrogen-bond donors (Lipinski definition) is 0. The third-order valence-corrected chi connectivity index (χ3v) is 5.47. The summed E-state index contributed by atoms with van der Waals surface area (Å²) < 4.78 is 13.4. The topological polar surface area (TPSA) is 77.8 Å². The number of aryl methyl sites for hydroxylation is 1. The van der Waals surface area contributed by atoms with Gasteiger partial charge in [-0.05, 0) is 51.8 Å². The predicted molar refractivity (Wildman–Crippen MR) is 112 cm³/mol. The van der Waals surface area contributed by atoms with Crippen molar-refractivity contribution >= 4 is 44.7 Å². The van der Waals surface area contributed by atoms with E-state index in [1.165, 1.54) is 4.90 Å². The standard InChI is InChI=1S/C21H25BrN2O5/c1-21(2,3)29-20(27)24-10-5-6-16(24)19(26)28-12-17(25)14-7-8-15(22)13-9-11-23(4)18(13)14/h7-9,11,16H,5-6,10,12H2,1-4H3. The molecule has 2 aromatic rings. The van der Waals surface area contributed by atoms with Crippen molar-refractivity contribution in [1.82, 2.24) is 9.47 Å². The molecule has 1 atom stereocenters. The van der Waals surface area contributed by atoms with Crippen molar-refractivity contribution in [3.05, 3.63) is 34.4 Å². The first kappa shape index (κ1) is 21.4. The molecular formula is C21H25BrN2O5.